The lowest BCUT2D eigenvalue weighted by Crippen LogP contribution is -2.64. The van der Waals surface area contributed by atoms with E-state index in [4.69, 9.17) is 4.74 Å². The maximum absolute atomic E-state index is 12.1. The van der Waals surface area contributed by atoms with E-state index in [1.54, 1.807) is 7.11 Å². The van der Waals surface area contributed by atoms with Gasteiger partial charge in [0.25, 0.3) is 0 Å². The minimum absolute atomic E-state index is 0.0718. The molecule has 0 saturated carbocycles. The third-order valence-electron chi connectivity index (χ3n) is 2.80. The zero-order chi connectivity index (χ0) is 11.6. The van der Waals surface area contributed by atoms with Crippen molar-refractivity contribution in [2.45, 2.75) is 46.0 Å². The lowest BCUT2D eigenvalue weighted by atomic mass is 9.83. The van der Waals surface area contributed by atoms with Gasteiger partial charge in [-0.3, -0.25) is 10.1 Å². The number of nitrogens with one attached hydrogen (secondary N) is 2. The number of carbonyl (C=O) groups excluding carboxylic acids is 1. The van der Waals surface area contributed by atoms with Crippen molar-refractivity contribution in [2.75, 3.05) is 13.7 Å². The van der Waals surface area contributed by atoms with Crippen LogP contribution in [0.15, 0.2) is 0 Å². The molecule has 1 rings (SSSR count). The van der Waals surface area contributed by atoms with Gasteiger partial charge in [0.05, 0.1) is 6.04 Å². The fourth-order valence-electron chi connectivity index (χ4n) is 1.73. The Bertz CT molecular complexity index is 235. The highest BCUT2D eigenvalue weighted by Crippen LogP contribution is 2.19. The summed E-state index contributed by atoms with van der Waals surface area (Å²) in [5.74, 6) is 0.226. The van der Waals surface area contributed by atoms with Crippen LogP contribution in [-0.2, 0) is 9.53 Å². The number of ketones is 1. The molecule has 3 unspecified atom stereocenters. The maximum atomic E-state index is 12.1. The molecule has 2 N–H and O–H groups in total. The third kappa shape index (κ3) is 3.00. The number of piperazine rings is 1. The van der Waals surface area contributed by atoms with Crippen molar-refractivity contribution in [2.24, 2.45) is 5.41 Å². The molecule has 1 aliphatic heterocycles. The van der Waals surface area contributed by atoms with Crippen molar-refractivity contribution >= 4 is 5.78 Å². The molecule has 0 spiro atoms. The van der Waals surface area contributed by atoms with Gasteiger partial charge in [0.15, 0.2) is 5.78 Å². The molecule has 1 heterocycles. The van der Waals surface area contributed by atoms with Crippen LogP contribution in [0.25, 0.3) is 0 Å². The molecule has 0 aromatic carbocycles. The quantitative estimate of drug-likeness (QED) is 0.704. The number of hydrogen-bond donors (Lipinski definition) is 2. The highest BCUT2D eigenvalue weighted by atomic mass is 16.5. The molecule has 15 heavy (non-hydrogen) atoms. The molecular formula is C11H22N2O2. The van der Waals surface area contributed by atoms with Crippen molar-refractivity contribution in [1.82, 2.24) is 10.6 Å². The Labute approximate surface area is 91.8 Å². The molecule has 1 fully saturated rings. The molecule has 4 heteroatoms. The summed E-state index contributed by atoms with van der Waals surface area (Å²) >= 11 is 0. The van der Waals surface area contributed by atoms with Gasteiger partial charge in [0.2, 0.25) is 0 Å². The van der Waals surface area contributed by atoms with Crippen molar-refractivity contribution in [3.8, 4) is 0 Å². The fourth-order valence-corrected chi connectivity index (χ4v) is 1.73. The minimum Gasteiger partial charge on any atom is -0.365 e. The first-order valence-corrected chi connectivity index (χ1v) is 5.43. The van der Waals surface area contributed by atoms with Crippen molar-refractivity contribution in [3.63, 3.8) is 0 Å². The van der Waals surface area contributed by atoms with E-state index in [9.17, 15) is 4.79 Å². The van der Waals surface area contributed by atoms with E-state index in [0.29, 0.717) is 0 Å². The summed E-state index contributed by atoms with van der Waals surface area (Å²) in [5.41, 5.74) is -0.316. The second-order valence-corrected chi connectivity index (χ2v) is 5.18. The standard InChI is InChI=1S/C11H22N2O2/c1-7-9(10(14)11(2,3)4)13-8(15-5)6-12-7/h7-9,12-13H,6H2,1-5H3. The molecule has 0 bridgehead atoms. The predicted octanol–water partition coefficient (Wildman–Crippen LogP) is 0.524. The molecule has 3 atom stereocenters. The molecule has 1 saturated heterocycles. The van der Waals surface area contributed by atoms with Crippen molar-refractivity contribution in [3.05, 3.63) is 0 Å². The summed E-state index contributed by atoms with van der Waals surface area (Å²) in [6.07, 6.45) is -0.0718. The molecule has 1 aliphatic rings. The van der Waals surface area contributed by atoms with Crippen LogP contribution in [0.5, 0.6) is 0 Å². The summed E-state index contributed by atoms with van der Waals surface area (Å²) in [4.78, 5) is 12.1. The van der Waals surface area contributed by atoms with Crippen molar-refractivity contribution < 1.29 is 9.53 Å². The molecular weight excluding hydrogens is 192 g/mol. The van der Waals surface area contributed by atoms with E-state index >= 15 is 0 Å². The monoisotopic (exact) mass is 214 g/mol. The topological polar surface area (TPSA) is 50.4 Å². The Morgan fingerprint density at radius 3 is 2.47 bits per heavy atom. The van der Waals surface area contributed by atoms with Crippen LogP contribution in [0, 0.1) is 5.41 Å². The van der Waals surface area contributed by atoms with Gasteiger partial charge in [-0.05, 0) is 6.92 Å². The molecule has 4 nitrogen and oxygen atoms in total. The summed E-state index contributed by atoms with van der Waals surface area (Å²) < 4.78 is 5.21. The Balaban J connectivity index is 2.70. The first-order chi connectivity index (χ1) is 6.86. The Morgan fingerprint density at radius 2 is 2.00 bits per heavy atom. The summed E-state index contributed by atoms with van der Waals surface area (Å²) in [6.45, 7) is 8.60. The van der Waals surface area contributed by atoms with E-state index in [1.807, 2.05) is 27.7 Å². The SMILES string of the molecule is COC1CNC(C)C(C(=O)C(C)(C)C)N1. The van der Waals surface area contributed by atoms with Gasteiger partial charge in [-0.25, -0.2) is 0 Å². The molecule has 88 valence electrons. The third-order valence-corrected chi connectivity index (χ3v) is 2.80. The lowest BCUT2D eigenvalue weighted by molar-refractivity contribution is -0.131. The highest BCUT2D eigenvalue weighted by Gasteiger charge is 2.36. The van der Waals surface area contributed by atoms with Gasteiger partial charge < -0.3 is 10.1 Å². The van der Waals surface area contributed by atoms with Gasteiger partial charge in [-0.2, -0.15) is 0 Å². The average molecular weight is 214 g/mol. The second kappa shape index (κ2) is 4.60. The van der Waals surface area contributed by atoms with E-state index in [1.165, 1.54) is 0 Å². The Hall–Kier alpha value is -0.450. The zero-order valence-corrected chi connectivity index (χ0v) is 10.3. The van der Waals surface area contributed by atoms with Gasteiger partial charge in [0, 0.05) is 25.1 Å². The van der Waals surface area contributed by atoms with Crippen LogP contribution >= 0.6 is 0 Å². The van der Waals surface area contributed by atoms with Gasteiger partial charge >= 0.3 is 0 Å². The molecule has 0 aromatic rings. The Kier molecular flexibility index (Phi) is 3.87. The van der Waals surface area contributed by atoms with Crippen LogP contribution in [0.4, 0.5) is 0 Å². The number of methoxy groups -OCH3 is 1. The largest absolute Gasteiger partial charge is 0.365 e. The van der Waals surface area contributed by atoms with Crippen molar-refractivity contribution in [1.29, 1.82) is 0 Å². The number of carbonyl (C=O) groups is 1. The first-order valence-electron chi connectivity index (χ1n) is 5.43. The minimum atomic E-state index is -0.316. The molecule has 0 amide bonds. The van der Waals surface area contributed by atoms with Gasteiger partial charge in [0.1, 0.15) is 6.23 Å². The summed E-state index contributed by atoms with van der Waals surface area (Å²) in [7, 11) is 1.65. The lowest BCUT2D eigenvalue weighted by Gasteiger charge is -2.37. The van der Waals surface area contributed by atoms with E-state index in [0.717, 1.165) is 6.54 Å². The highest BCUT2D eigenvalue weighted by molar-refractivity contribution is 5.89. The normalized spacial score (nSPS) is 32.7. The second-order valence-electron chi connectivity index (χ2n) is 5.18. The fraction of sp³-hybridized carbons (Fsp3) is 0.909. The van der Waals surface area contributed by atoms with Crippen LogP contribution < -0.4 is 10.6 Å². The first kappa shape index (κ1) is 12.6. The van der Waals surface area contributed by atoms with Crippen LogP contribution in [-0.4, -0.2) is 37.7 Å². The number of rotatable bonds is 2. The average Bonchev–Trinajstić information content (AvgIpc) is 2.16. The van der Waals surface area contributed by atoms with E-state index < -0.39 is 0 Å². The zero-order valence-electron chi connectivity index (χ0n) is 10.3. The Morgan fingerprint density at radius 1 is 1.40 bits per heavy atom. The molecule has 0 radical (unpaired) electrons. The van der Waals surface area contributed by atoms with Crippen LogP contribution in [0.3, 0.4) is 0 Å². The van der Waals surface area contributed by atoms with Gasteiger partial charge in [-0.15, -0.1) is 0 Å². The summed E-state index contributed by atoms with van der Waals surface area (Å²) in [6, 6.07) is -0.00757. The summed E-state index contributed by atoms with van der Waals surface area (Å²) in [5, 5.41) is 6.50. The van der Waals surface area contributed by atoms with E-state index in [-0.39, 0.29) is 29.5 Å². The van der Waals surface area contributed by atoms with Gasteiger partial charge in [-0.1, -0.05) is 20.8 Å². The van der Waals surface area contributed by atoms with Crippen LogP contribution in [0.2, 0.25) is 0 Å². The number of Topliss-reactive ketones (excluding diaryl/α,β-unsaturated/α-hetero) is 1. The molecule has 0 aliphatic carbocycles. The smallest absolute Gasteiger partial charge is 0.156 e. The predicted molar refractivity (Wildman–Crippen MR) is 59.6 cm³/mol. The maximum Gasteiger partial charge on any atom is 0.156 e. The number of hydrogen-bond acceptors (Lipinski definition) is 4. The van der Waals surface area contributed by atoms with Crippen LogP contribution in [0.1, 0.15) is 27.7 Å². The van der Waals surface area contributed by atoms with E-state index in [2.05, 4.69) is 10.6 Å². The molecule has 0 aromatic heterocycles. The number of ether oxygens (including phenoxy) is 1.